The van der Waals surface area contributed by atoms with E-state index < -0.39 is 35.7 Å². The van der Waals surface area contributed by atoms with E-state index in [0.29, 0.717) is 0 Å². The monoisotopic (exact) mass is 310 g/mol. The van der Waals surface area contributed by atoms with Gasteiger partial charge >= 0.3 is 0 Å². The zero-order chi connectivity index (χ0) is 16.3. The van der Waals surface area contributed by atoms with Crippen LogP contribution in [-0.4, -0.2) is 53.8 Å². The first-order chi connectivity index (χ1) is 10.2. The van der Waals surface area contributed by atoms with Gasteiger partial charge in [0, 0.05) is 6.20 Å². The first kappa shape index (κ1) is 15.0. The van der Waals surface area contributed by atoms with E-state index in [1.807, 2.05) is 0 Å². The van der Waals surface area contributed by atoms with Crippen molar-refractivity contribution in [2.75, 3.05) is 12.3 Å². The molecule has 0 aliphatic carbocycles. The smallest absolute Gasteiger partial charge is 0.261 e. The quantitative estimate of drug-likeness (QED) is 0.463. The molecular formula is C13H18N4O5. The molecule has 22 heavy (non-hydrogen) atoms. The van der Waals surface area contributed by atoms with Gasteiger partial charge in [-0.3, -0.25) is 9.78 Å². The van der Waals surface area contributed by atoms with Crippen molar-refractivity contribution in [1.29, 1.82) is 0 Å². The van der Waals surface area contributed by atoms with Crippen LogP contribution in [0, 0.1) is 0 Å². The second kappa shape index (κ2) is 4.53. The average Bonchev–Trinajstić information content (AvgIpc) is 2.93. The van der Waals surface area contributed by atoms with Crippen LogP contribution < -0.4 is 11.3 Å². The number of fused-ring (bicyclic) bond motifs is 1. The van der Waals surface area contributed by atoms with Crippen molar-refractivity contribution in [1.82, 2.24) is 14.5 Å². The number of nitrogens with two attached hydrogens (primary N) is 1. The highest BCUT2D eigenvalue weighted by molar-refractivity contribution is 5.76. The van der Waals surface area contributed by atoms with Gasteiger partial charge in [0.15, 0.2) is 11.9 Å². The van der Waals surface area contributed by atoms with Crippen molar-refractivity contribution < 1.29 is 20.1 Å². The Morgan fingerprint density at radius 2 is 2.23 bits per heavy atom. The summed E-state index contributed by atoms with van der Waals surface area (Å²) in [5.41, 5.74) is 2.34. The molecule has 0 radical (unpaired) electrons. The lowest BCUT2D eigenvalue weighted by molar-refractivity contribution is -0.119. The zero-order valence-electron chi connectivity index (χ0n) is 12.1. The van der Waals surface area contributed by atoms with Gasteiger partial charge in [-0.2, -0.15) is 4.98 Å². The van der Waals surface area contributed by atoms with E-state index in [9.17, 15) is 20.1 Å². The van der Waals surface area contributed by atoms with E-state index in [0.717, 1.165) is 0 Å². The maximum absolute atomic E-state index is 11.9. The summed E-state index contributed by atoms with van der Waals surface area (Å²) in [7, 11) is 0. The van der Waals surface area contributed by atoms with E-state index >= 15 is 0 Å². The summed E-state index contributed by atoms with van der Waals surface area (Å²) >= 11 is 0. The molecule has 3 unspecified atom stereocenters. The molecule has 1 fully saturated rings. The second-order valence-corrected chi connectivity index (χ2v) is 5.98. The minimum Gasteiger partial charge on any atom is -0.393 e. The molecule has 3 heterocycles. The number of nitrogen functional groups attached to an aromatic ring is 1. The van der Waals surface area contributed by atoms with Gasteiger partial charge in [0.2, 0.25) is 5.95 Å². The minimum absolute atomic E-state index is 0.0689. The molecule has 0 spiro atoms. The van der Waals surface area contributed by atoms with E-state index in [1.165, 1.54) is 30.7 Å². The van der Waals surface area contributed by atoms with Crippen LogP contribution in [0.15, 0.2) is 17.1 Å². The Bertz CT molecular complexity index is 782. The van der Waals surface area contributed by atoms with Gasteiger partial charge in [0.25, 0.3) is 5.56 Å². The number of anilines is 1. The third-order valence-electron chi connectivity index (χ3n) is 4.18. The maximum Gasteiger partial charge on any atom is 0.261 e. The highest BCUT2D eigenvalue weighted by Gasteiger charge is 2.59. The fraction of sp³-hybridized carbons (Fsp3) is 0.538. The molecule has 3 rings (SSSR count). The first-order valence-electron chi connectivity index (χ1n) is 6.76. The van der Waals surface area contributed by atoms with Crippen LogP contribution in [0.3, 0.4) is 0 Å². The molecule has 9 heteroatoms. The van der Waals surface area contributed by atoms with Gasteiger partial charge in [-0.25, -0.2) is 0 Å². The maximum atomic E-state index is 11.9. The number of hydrogen-bond donors (Lipinski definition) is 5. The molecule has 0 saturated carbocycles. The summed E-state index contributed by atoms with van der Waals surface area (Å²) < 4.78 is 7.10. The highest BCUT2D eigenvalue weighted by atomic mass is 16.6. The molecular weight excluding hydrogens is 292 g/mol. The Kier molecular flexibility index (Phi) is 3.08. The van der Waals surface area contributed by atoms with Crippen LogP contribution >= 0.6 is 0 Å². The summed E-state index contributed by atoms with van der Waals surface area (Å²) in [4.78, 5) is 18.3. The average molecular weight is 310 g/mol. The fourth-order valence-corrected chi connectivity index (χ4v) is 2.90. The lowest BCUT2D eigenvalue weighted by Gasteiger charge is -2.28. The number of H-pyrrole nitrogens is 1. The number of ether oxygens (including phenoxy) is 1. The molecule has 0 amide bonds. The van der Waals surface area contributed by atoms with Gasteiger partial charge < -0.3 is 30.4 Å². The number of aliphatic hydroxyl groups is 3. The normalized spacial score (nSPS) is 35.3. The van der Waals surface area contributed by atoms with Crippen LogP contribution in [0.2, 0.25) is 0 Å². The predicted molar refractivity (Wildman–Crippen MR) is 77.0 cm³/mol. The predicted octanol–water partition coefficient (Wildman–Crippen LogP) is -1.30. The molecule has 1 aliphatic heterocycles. The molecule has 4 atom stereocenters. The summed E-state index contributed by atoms with van der Waals surface area (Å²) in [6.07, 6.45) is -0.848. The van der Waals surface area contributed by atoms with E-state index in [-0.39, 0.29) is 17.0 Å². The third-order valence-corrected chi connectivity index (χ3v) is 4.18. The molecule has 0 bridgehead atoms. The highest BCUT2D eigenvalue weighted by Crippen LogP contribution is 2.44. The van der Waals surface area contributed by atoms with E-state index in [1.54, 1.807) is 0 Å². The van der Waals surface area contributed by atoms with Crippen molar-refractivity contribution in [2.24, 2.45) is 0 Å². The van der Waals surface area contributed by atoms with E-state index in [2.05, 4.69) is 9.97 Å². The molecule has 2 aromatic heterocycles. The lowest BCUT2D eigenvalue weighted by Crippen LogP contribution is -2.49. The number of aromatic nitrogens is 3. The Balaban J connectivity index is 2.18. The van der Waals surface area contributed by atoms with Crippen LogP contribution in [0.1, 0.15) is 20.1 Å². The largest absolute Gasteiger partial charge is 0.393 e. The first-order valence-corrected chi connectivity index (χ1v) is 6.76. The third kappa shape index (κ3) is 1.87. The van der Waals surface area contributed by atoms with Crippen LogP contribution in [-0.2, 0) is 4.74 Å². The second-order valence-electron chi connectivity index (χ2n) is 5.98. The summed E-state index contributed by atoms with van der Waals surface area (Å²) in [6, 6.07) is 1.51. The van der Waals surface area contributed by atoms with Crippen LogP contribution in [0.4, 0.5) is 5.95 Å². The Labute approximate surface area is 125 Å². The Hall–Kier alpha value is -1.94. The van der Waals surface area contributed by atoms with Crippen LogP contribution in [0.5, 0.6) is 0 Å². The molecule has 9 nitrogen and oxygen atoms in total. The number of nitrogens with zero attached hydrogens (tertiary/aromatic N) is 2. The van der Waals surface area contributed by atoms with Gasteiger partial charge in [-0.15, -0.1) is 0 Å². The van der Waals surface area contributed by atoms with Gasteiger partial charge in [0.1, 0.15) is 17.3 Å². The number of rotatable bonds is 2. The van der Waals surface area contributed by atoms with E-state index in [4.69, 9.17) is 10.5 Å². The number of aromatic amines is 1. The number of aliphatic hydroxyl groups excluding tert-OH is 2. The summed E-state index contributed by atoms with van der Waals surface area (Å²) in [5, 5.41) is 30.6. The molecule has 120 valence electrons. The van der Waals surface area contributed by atoms with Crippen molar-refractivity contribution in [2.45, 2.75) is 37.4 Å². The Morgan fingerprint density at radius 3 is 2.82 bits per heavy atom. The van der Waals surface area contributed by atoms with Crippen molar-refractivity contribution >= 4 is 17.0 Å². The van der Waals surface area contributed by atoms with Crippen molar-refractivity contribution in [3.63, 3.8) is 0 Å². The number of nitrogens with one attached hydrogen (secondary N) is 1. The minimum atomic E-state index is -1.69. The standard InChI is InChI=1S/C13H18N4O5/c1-12(5-18)9(20)13(2,21)10(22-12)17-4-3-6-7(17)15-11(14)16-8(6)19/h3-4,9-10,18,20-21H,5H2,1-2H3,(H3,14,15,16,19)/t9?,10-,12?,13?/m1/s1. The molecule has 1 saturated heterocycles. The van der Waals surface area contributed by atoms with Crippen molar-refractivity contribution in [3.05, 3.63) is 22.6 Å². The van der Waals surface area contributed by atoms with Gasteiger partial charge in [0.05, 0.1) is 12.0 Å². The van der Waals surface area contributed by atoms with Crippen LogP contribution in [0.25, 0.3) is 11.0 Å². The molecule has 6 N–H and O–H groups in total. The van der Waals surface area contributed by atoms with Gasteiger partial charge in [-0.05, 0) is 19.9 Å². The SMILES string of the molecule is CC1(CO)O[C@@H](n2ccc3c(=O)[nH]c(N)nc32)C(C)(O)C1O. The molecule has 0 aromatic carbocycles. The Morgan fingerprint density at radius 1 is 1.55 bits per heavy atom. The summed E-state index contributed by atoms with van der Waals surface area (Å²) in [6.45, 7) is 2.41. The lowest BCUT2D eigenvalue weighted by atomic mass is 9.89. The molecule has 1 aliphatic rings. The van der Waals surface area contributed by atoms with Crippen molar-refractivity contribution in [3.8, 4) is 0 Å². The summed E-state index contributed by atoms with van der Waals surface area (Å²) in [5.74, 6) is -0.0689. The fourth-order valence-electron chi connectivity index (χ4n) is 2.90. The topological polar surface area (TPSA) is 147 Å². The van der Waals surface area contributed by atoms with Gasteiger partial charge in [-0.1, -0.05) is 0 Å². The number of hydrogen-bond acceptors (Lipinski definition) is 7. The zero-order valence-corrected chi connectivity index (χ0v) is 12.1. The molecule has 2 aromatic rings.